The first-order chi connectivity index (χ1) is 17.5. The molecule has 1 aromatic carbocycles. The Hall–Kier alpha value is -2.85. The van der Waals surface area contributed by atoms with Crippen molar-refractivity contribution in [3.8, 4) is 0 Å². The largest absolute Gasteiger partial charge is 0.416 e. The summed E-state index contributed by atoms with van der Waals surface area (Å²) in [6.45, 7) is 6.08. The van der Waals surface area contributed by atoms with Gasteiger partial charge in [0.1, 0.15) is 0 Å². The van der Waals surface area contributed by atoms with Crippen LogP contribution >= 0.6 is 0 Å². The Morgan fingerprint density at radius 3 is 2.43 bits per heavy atom. The molecule has 1 aliphatic carbocycles. The Morgan fingerprint density at radius 2 is 1.84 bits per heavy atom. The average Bonchev–Trinajstić information content (AvgIpc) is 3.31. The second kappa shape index (κ2) is 9.47. The zero-order valence-corrected chi connectivity index (χ0v) is 21.3. The number of nitrogens with two attached hydrogens (primary N) is 1. The van der Waals surface area contributed by atoms with Crippen molar-refractivity contribution in [3.05, 3.63) is 63.1 Å². The number of aromatic nitrogens is 1. The van der Waals surface area contributed by atoms with Gasteiger partial charge in [-0.15, -0.1) is 0 Å². The van der Waals surface area contributed by atoms with E-state index in [-0.39, 0.29) is 28.8 Å². The molecule has 0 radical (unpaired) electrons. The number of benzene rings is 1. The third-order valence-corrected chi connectivity index (χ3v) is 8.39. The number of primary amides is 1. The predicted octanol–water partition coefficient (Wildman–Crippen LogP) is 3.75. The first-order valence-electron chi connectivity index (χ1n) is 12.8. The Balaban J connectivity index is 1.62. The lowest BCUT2D eigenvalue weighted by Gasteiger charge is -2.37. The number of carbonyl (C=O) groups is 1. The van der Waals surface area contributed by atoms with E-state index in [1.54, 1.807) is 16.8 Å². The minimum absolute atomic E-state index is 0.00317. The maximum absolute atomic E-state index is 13.7. The third kappa shape index (κ3) is 4.65. The van der Waals surface area contributed by atoms with E-state index in [9.17, 15) is 22.8 Å². The molecule has 3 aliphatic rings. The maximum Gasteiger partial charge on any atom is 0.416 e. The number of piperidine rings is 1. The number of carbonyl (C=O) groups excluding carboxylic acids is 1. The lowest BCUT2D eigenvalue weighted by atomic mass is 9.95. The van der Waals surface area contributed by atoms with Gasteiger partial charge in [0.05, 0.1) is 22.9 Å². The molecule has 2 saturated heterocycles. The second-order valence-corrected chi connectivity index (χ2v) is 10.7. The highest BCUT2D eigenvalue weighted by atomic mass is 19.4. The van der Waals surface area contributed by atoms with Crippen LogP contribution in [0.2, 0.25) is 0 Å². The molecule has 3 fully saturated rings. The smallest absolute Gasteiger partial charge is 0.381 e. The molecule has 1 amide bonds. The number of likely N-dealkylation sites (tertiary alicyclic amines) is 1. The summed E-state index contributed by atoms with van der Waals surface area (Å²) in [7, 11) is 2.04. The standard InChI is InChI=1S/C27H33F3N4O3/c1-15-18(5-4-6-22(15)27(28,29)30)16(2)34(25-19-12-32(3)13-20(19)25)23-11-24(35)33(14-21(23)26(31)36)17-7-9-37-10-8-17/h4-6,11,14,16-17,19-20,25H,7-10,12-13H2,1-3H3,(H2,31,36)/t16-,19?,20?,25?/m1/s1. The summed E-state index contributed by atoms with van der Waals surface area (Å²) < 4.78 is 48.2. The Kier molecular flexibility index (Phi) is 6.60. The summed E-state index contributed by atoms with van der Waals surface area (Å²) in [5.74, 6) is -0.0638. The highest BCUT2D eigenvalue weighted by Gasteiger charge is 2.59. The van der Waals surface area contributed by atoms with Crippen molar-refractivity contribution >= 4 is 11.6 Å². The molecular formula is C27H33F3N4O3. The van der Waals surface area contributed by atoms with Gasteiger partial charge in [0.15, 0.2) is 0 Å². The van der Waals surface area contributed by atoms with Gasteiger partial charge in [-0.05, 0) is 62.8 Å². The molecule has 3 heterocycles. The summed E-state index contributed by atoms with van der Waals surface area (Å²) in [5, 5.41) is 0. The molecule has 7 nitrogen and oxygen atoms in total. The molecule has 2 aliphatic heterocycles. The van der Waals surface area contributed by atoms with E-state index >= 15 is 0 Å². The van der Waals surface area contributed by atoms with Gasteiger partial charge in [0, 0.05) is 50.7 Å². The van der Waals surface area contributed by atoms with Crippen LogP contribution in [0.5, 0.6) is 0 Å². The molecule has 3 atom stereocenters. The zero-order chi connectivity index (χ0) is 26.6. The van der Waals surface area contributed by atoms with Crippen molar-refractivity contribution in [3.63, 3.8) is 0 Å². The van der Waals surface area contributed by atoms with E-state index in [1.807, 2.05) is 18.9 Å². The van der Waals surface area contributed by atoms with Gasteiger partial charge in [-0.25, -0.2) is 0 Å². The molecule has 10 heteroatoms. The van der Waals surface area contributed by atoms with E-state index in [1.165, 1.54) is 19.1 Å². The molecule has 1 saturated carbocycles. The lowest BCUT2D eigenvalue weighted by molar-refractivity contribution is -0.138. The minimum atomic E-state index is -4.48. The molecule has 37 heavy (non-hydrogen) atoms. The normalized spacial score (nSPS) is 25.1. The van der Waals surface area contributed by atoms with Gasteiger partial charge < -0.3 is 24.8 Å². The first kappa shape index (κ1) is 25.8. The van der Waals surface area contributed by atoms with Crippen molar-refractivity contribution < 1.29 is 22.7 Å². The number of amides is 1. The fraction of sp³-hybridized carbons (Fsp3) is 0.556. The Morgan fingerprint density at radius 1 is 1.19 bits per heavy atom. The minimum Gasteiger partial charge on any atom is -0.381 e. The quantitative estimate of drug-likeness (QED) is 0.630. The summed E-state index contributed by atoms with van der Waals surface area (Å²) in [4.78, 5) is 30.3. The van der Waals surface area contributed by atoms with Crippen LogP contribution in [0.1, 0.15) is 58.9 Å². The van der Waals surface area contributed by atoms with E-state index in [4.69, 9.17) is 10.5 Å². The number of hydrogen-bond donors (Lipinski definition) is 1. The Bertz CT molecular complexity index is 1240. The van der Waals surface area contributed by atoms with Gasteiger partial charge in [0.2, 0.25) is 0 Å². The first-order valence-corrected chi connectivity index (χ1v) is 12.8. The van der Waals surface area contributed by atoms with Crippen molar-refractivity contribution in [1.82, 2.24) is 9.47 Å². The lowest BCUT2D eigenvalue weighted by Crippen LogP contribution is -2.39. The van der Waals surface area contributed by atoms with E-state index < -0.39 is 23.7 Å². The van der Waals surface area contributed by atoms with Crippen LogP contribution in [0, 0.1) is 18.8 Å². The summed E-state index contributed by atoms with van der Waals surface area (Å²) in [6, 6.07) is 5.03. The summed E-state index contributed by atoms with van der Waals surface area (Å²) >= 11 is 0. The maximum atomic E-state index is 13.7. The summed E-state index contributed by atoms with van der Waals surface area (Å²) in [5.41, 5.74) is 6.17. The van der Waals surface area contributed by atoms with E-state index in [0.717, 1.165) is 19.2 Å². The van der Waals surface area contributed by atoms with Gasteiger partial charge in [-0.1, -0.05) is 12.1 Å². The average molecular weight is 519 g/mol. The number of hydrogen-bond acceptors (Lipinski definition) is 5. The van der Waals surface area contributed by atoms with Crippen LogP contribution in [0.3, 0.4) is 0 Å². The molecule has 0 spiro atoms. The van der Waals surface area contributed by atoms with Gasteiger partial charge in [-0.3, -0.25) is 9.59 Å². The number of halogens is 3. The van der Waals surface area contributed by atoms with Crippen molar-refractivity contribution in [2.24, 2.45) is 17.6 Å². The van der Waals surface area contributed by atoms with Crippen LogP contribution in [-0.2, 0) is 10.9 Å². The number of rotatable bonds is 6. The highest BCUT2D eigenvalue weighted by molar-refractivity contribution is 5.98. The number of nitrogens with zero attached hydrogens (tertiary/aromatic N) is 3. The SMILES string of the molecule is Cc1c([C@@H](C)N(c2cc(=O)n(C3CCOCC3)cc2C(N)=O)C2C3CN(C)CC32)cccc1C(F)(F)F. The van der Waals surface area contributed by atoms with Gasteiger partial charge in [-0.2, -0.15) is 13.2 Å². The van der Waals surface area contributed by atoms with E-state index in [0.29, 0.717) is 49.1 Å². The van der Waals surface area contributed by atoms with Crippen molar-refractivity contribution in [1.29, 1.82) is 0 Å². The second-order valence-electron chi connectivity index (χ2n) is 10.7. The number of fused-ring (bicyclic) bond motifs is 1. The summed E-state index contributed by atoms with van der Waals surface area (Å²) in [6.07, 6.45) is -1.63. The fourth-order valence-corrected chi connectivity index (χ4v) is 6.50. The third-order valence-electron chi connectivity index (χ3n) is 8.39. The number of pyridine rings is 1. The van der Waals surface area contributed by atoms with Gasteiger partial charge in [0.25, 0.3) is 11.5 Å². The van der Waals surface area contributed by atoms with Crippen LogP contribution < -0.4 is 16.2 Å². The molecule has 2 unspecified atom stereocenters. The van der Waals surface area contributed by atoms with Crippen LogP contribution in [0.25, 0.3) is 0 Å². The Labute approximate surface area is 214 Å². The zero-order valence-electron chi connectivity index (χ0n) is 21.3. The fourth-order valence-electron chi connectivity index (χ4n) is 6.50. The topological polar surface area (TPSA) is 80.8 Å². The van der Waals surface area contributed by atoms with Crippen LogP contribution in [-0.4, -0.2) is 54.8 Å². The molecule has 200 valence electrons. The van der Waals surface area contributed by atoms with Crippen LogP contribution in [0.4, 0.5) is 18.9 Å². The molecule has 1 aromatic heterocycles. The number of ether oxygens (including phenoxy) is 1. The predicted molar refractivity (Wildman–Crippen MR) is 134 cm³/mol. The van der Waals surface area contributed by atoms with Crippen molar-refractivity contribution in [2.75, 3.05) is 38.3 Å². The molecule has 2 N–H and O–H groups in total. The molecule has 2 aromatic rings. The van der Waals surface area contributed by atoms with Crippen LogP contribution in [0.15, 0.2) is 35.3 Å². The van der Waals surface area contributed by atoms with E-state index in [2.05, 4.69) is 4.90 Å². The molecule has 0 bridgehead atoms. The molecule has 5 rings (SSSR count). The monoisotopic (exact) mass is 518 g/mol. The highest BCUT2D eigenvalue weighted by Crippen LogP contribution is 2.53. The van der Waals surface area contributed by atoms with Gasteiger partial charge >= 0.3 is 6.18 Å². The molecular weight excluding hydrogens is 485 g/mol. The number of alkyl halides is 3. The van der Waals surface area contributed by atoms with Crippen molar-refractivity contribution in [2.45, 2.75) is 51.0 Å². The number of anilines is 1.